The quantitative estimate of drug-likeness (QED) is 0.550. The fraction of sp³-hybridized carbons (Fsp3) is 0.273. The van der Waals surface area contributed by atoms with E-state index in [-0.39, 0.29) is 22.3 Å². The van der Waals surface area contributed by atoms with Crippen LogP contribution in [-0.2, 0) is 14.3 Å². The van der Waals surface area contributed by atoms with Crippen LogP contribution in [-0.4, -0.2) is 18.9 Å². The monoisotopic (exact) mass is 414 g/mol. The zero-order valence-corrected chi connectivity index (χ0v) is 16.7. The van der Waals surface area contributed by atoms with Gasteiger partial charge >= 0.3 is 5.97 Å². The number of para-hydroxylation sites is 2. The lowest BCUT2D eigenvalue weighted by Crippen LogP contribution is -2.39. The molecule has 0 saturated carbocycles. The van der Waals surface area contributed by atoms with Gasteiger partial charge in [-0.3, -0.25) is 9.59 Å². The van der Waals surface area contributed by atoms with E-state index in [0.717, 1.165) is 5.69 Å². The van der Waals surface area contributed by atoms with Crippen LogP contribution in [0.15, 0.2) is 53.7 Å². The van der Waals surface area contributed by atoms with Gasteiger partial charge in [0.15, 0.2) is 5.78 Å². The molecule has 2 aromatic carbocycles. The molecule has 1 heterocycles. The zero-order valence-electron chi connectivity index (χ0n) is 16.0. The number of carbonyl (C=O) groups excluding carboxylic acids is 2. The molecule has 0 saturated heterocycles. The predicted octanol–water partition coefficient (Wildman–Crippen LogP) is 4.71. The third-order valence-electron chi connectivity index (χ3n) is 5.51. The Kier molecular flexibility index (Phi) is 5.04. The molecule has 3 atom stereocenters. The van der Waals surface area contributed by atoms with Crippen molar-refractivity contribution in [2.45, 2.75) is 19.4 Å². The summed E-state index contributed by atoms with van der Waals surface area (Å²) < 4.78 is 19.7. The molecule has 0 bridgehead atoms. The summed E-state index contributed by atoms with van der Waals surface area (Å²) in [5, 5.41) is 6.78. The number of esters is 1. The first-order valence-corrected chi connectivity index (χ1v) is 9.71. The number of hydrogen-bond acceptors (Lipinski definition) is 5. The van der Waals surface area contributed by atoms with Crippen molar-refractivity contribution in [2.24, 2.45) is 11.8 Å². The molecule has 5 nitrogen and oxygen atoms in total. The highest BCUT2D eigenvalue weighted by Crippen LogP contribution is 2.45. The second kappa shape index (κ2) is 7.52. The van der Waals surface area contributed by atoms with Gasteiger partial charge in [-0.1, -0.05) is 36.7 Å². The molecule has 1 aliphatic carbocycles. The number of methoxy groups -OCH3 is 1. The summed E-state index contributed by atoms with van der Waals surface area (Å²) >= 11 is 6.35. The van der Waals surface area contributed by atoms with E-state index in [0.29, 0.717) is 23.4 Å². The average molecular weight is 415 g/mol. The van der Waals surface area contributed by atoms with Gasteiger partial charge in [-0.05, 0) is 36.6 Å². The molecule has 0 radical (unpaired) electrons. The number of Topliss-reactive ketones (excluding diaryl/α,β-unsaturated/α-hetero) is 1. The van der Waals surface area contributed by atoms with Gasteiger partial charge in [0.2, 0.25) is 0 Å². The maximum atomic E-state index is 14.9. The van der Waals surface area contributed by atoms with Gasteiger partial charge in [0.1, 0.15) is 11.7 Å². The van der Waals surface area contributed by atoms with Crippen molar-refractivity contribution in [3.8, 4) is 0 Å². The Morgan fingerprint density at radius 1 is 1.17 bits per heavy atom. The molecule has 0 amide bonds. The summed E-state index contributed by atoms with van der Waals surface area (Å²) in [6.45, 7) is 1.83. The molecular weight excluding hydrogens is 395 g/mol. The van der Waals surface area contributed by atoms with Gasteiger partial charge in [-0.25, -0.2) is 4.39 Å². The van der Waals surface area contributed by atoms with Crippen molar-refractivity contribution in [2.75, 3.05) is 17.7 Å². The number of fused-ring (bicyclic) bond motifs is 1. The van der Waals surface area contributed by atoms with Gasteiger partial charge in [0.25, 0.3) is 0 Å². The normalized spacial score (nSPS) is 23.3. The Balaban J connectivity index is 1.93. The van der Waals surface area contributed by atoms with E-state index in [1.54, 1.807) is 6.07 Å². The lowest BCUT2D eigenvalue weighted by atomic mass is 9.74. The van der Waals surface area contributed by atoms with Crippen molar-refractivity contribution >= 4 is 34.7 Å². The molecular formula is C22H20ClFN2O3. The molecule has 7 heteroatoms. The smallest absolute Gasteiger partial charge is 0.316 e. The van der Waals surface area contributed by atoms with Crippen LogP contribution in [0.4, 0.5) is 15.8 Å². The molecule has 0 unspecified atom stereocenters. The lowest BCUT2D eigenvalue weighted by molar-refractivity contribution is -0.151. The number of hydrogen-bond donors (Lipinski definition) is 2. The van der Waals surface area contributed by atoms with Gasteiger partial charge in [-0.2, -0.15) is 0 Å². The first-order chi connectivity index (χ1) is 13.9. The first-order valence-electron chi connectivity index (χ1n) is 9.34. The second-order valence-electron chi connectivity index (χ2n) is 7.32. The Bertz CT molecular complexity index is 1020. The third-order valence-corrected chi connectivity index (χ3v) is 5.84. The SMILES string of the molecule is COC(=O)[C@@H]1C(=O)C2=C(C[C@@H]1C)Nc1ccccc1N[C@H]2c1c(F)cccc1Cl. The van der Waals surface area contributed by atoms with Crippen LogP contribution in [0.1, 0.15) is 24.9 Å². The van der Waals surface area contributed by atoms with Crippen LogP contribution in [0.25, 0.3) is 0 Å². The summed E-state index contributed by atoms with van der Waals surface area (Å²) in [6.07, 6.45) is 0.444. The number of rotatable bonds is 2. The number of ether oxygens (including phenoxy) is 1. The highest BCUT2D eigenvalue weighted by molar-refractivity contribution is 6.31. The van der Waals surface area contributed by atoms with Gasteiger partial charge in [0.05, 0.1) is 24.5 Å². The molecule has 0 aromatic heterocycles. The molecule has 2 aliphatic rings. The van der Waals surface area contributed by atoms with Crippen molar-refractivity contribution in [3.05, 3.63) is 70.1 Å². The summed E-state index contributed by atoms with van der Waals surface area (Å²) in [4.78, 5) is 25.8. The molecule has 4 rings (SSSR count). The summed E-state index contributed by atoms with van der Waals surface area (Å²) in [6, 6.07) is 11.0. The van der Waals surface area contributed by atoms with Crippen LogP contribution >= 0.6 is 11.6 Å². The Hall–Kier alpha value is -2.86. The fourth-order valence-corrected chi connectivity index (χ4v) is 4.41. The van der Waals surface area contributed by atoms with Crippen molar-refractivity contribution in [3.63, 3.8) is 0 Å². The predicted molar refractivity (Wildman–Crippen MR) is 109 cm³/mol. The lowest BCUT2D eigenvalue weighted by Gasteiger charge is -2.32. The average Bonchev–Trinajstić information content (AvgIpc) is 2.84. The van der Waals surface area contributed by atoms with Crippen molar-refractivity contribution < 1.29 is 18.7 Å². The minimum Gasteiger partial charge on any atom is -0.468 e. The number of carbonyl (C=O) groups is 2. The topological polar surface area (TPSA) is 67.4 Å². The first kappa shape index (κ1) is 19.5. The number of benzene rings is 2. The minimum atomic E-state index is -0.948. The van der Waals surface area contributed by atoms with Gasteiger partial charge in [-0.15, -0.1) is 0 Å². The molecule has 1 aliphatic heterocycles. The van der Waals surface area contributed by atoms with Crippen LogP contribution in [0.2, 0.25) is 5.02 Å². The van der Waals surface area contributed by atoms with Crippen LogP contribution in [0, 0.1) is 17.7 Å². The van der Waals surface area contributed by atoms with E-state index in [1.165, 1.54) is 19.2 Å². The maximum absolute atomic E-state index is 14.9. The molecule has 0 fully saturated rings. The van der Waals surface area contributed by atoms with E-state index >= 15 is 0 Å². The summed E-state index contributed by atoms with van der Waals surface area (Å²) in [7, 11) is 1.26. The van der Waals surface area contributed by atoms with Gasteiger partial charge in [0, 0.05) is 21.9 Å². The molecule has 2 N–H and O–H groups in total. The largest absolute Gasteiger partial charge is 0.468 e. The zero-order chi connectivity index (χ0) is 20.7. The van der Waals surface area contributed by atoms with Crippen LogP contribution in [0.3, 0.4) is 0 Å². The van der Waals surface area contributed by atoms with E-state index in [2.05, 4.69) is 10.6 Å². The minimum absolute atomic E-state index is 0.173. The van der Waals surface area contributed by atoms with E-state index in [9.17, 15) is 14.0 Å². The molecule has 29 heavy (non-hydrogen) atoms. The number of allylic oxidation sites excluding steroid dienone is 1. The maximum Gasteiger partial charge on any atom is 0.316 e. The number of ketones is 1. The van der Waals surface area contributed by atoms with Crippen LogP contribution in [0.5, 0.6) is 0 Å². The summed E-state index contributed by atoms with van der Waals surface area (Å²) in [5.41, 5.74) is 2.62. The van der Waals surface area contributed by atoms with Crippen molar-refractivity contribution in [1.82, 2.24) is 0 Å². The second-order valence-corrected chi connectivity index (χ2v) is 7.73. The Labute approximate surface area is 172 Å². The van der Waals surface area contributed by atoms with Crippen LogP contribution < -0.4 is 10.6 Å². The highest BCUT2D eigenvalue weighted by Gasteiger charge is 2.45. The molecule has 0 spiro atoms. The molecule has 2 aromatic rings. The number of halogens is 2. The Morgan fingerprint density at radius 2 is 1.90 bits per heavy atom. The standard InChI is InChI=1S/C22H20ClFN2O3/c1-11-10-16-19(21(27)17(11)22(28)29-2)20(18-12(23)6-5-7-13(18)24)26-15-9-4-3-8-14(15)25-16/h3-9,11,17,20,25-26H,10H2,1-2H3/t11-,17-,20-/m0/s1. The number of anilines is 2. The fourth-order valence-electron chi connectivity index (χ4n) is 4.14. The summed E-state index contributed by atoms with van der Waals surface area (Å²) in [5.74, 6) is -2.71. The van der Waals surface area contributed by atoms with E-state index in [4.69, 9.17) is 16.3 Å². The third kappa shape index (κ3) is 3.27. The van der Waals surface area contributed by atoms with Gasteiger partial charge < -0.3 is 15.4 Å². The van der Waals surface area contributed by atoms with Crippen molar-refractivity contribution in [1.29, 1.82) is 0 Å². The molecule has 150 valence electrons. The number of nitrogens with one attached hydrogen (secondary N) is 2. The van der Waals surface area contributed by atoms with E-state index < -0.39 is 23.7 Å². The Morgan fingerprint density at radius 3 is 2.59 bits per heavy atom. The van der Waals surface area contributed by atoms with E-state index in [1.807, 2.05) is 31.2 Å². The highest BCUT2D eigenvalue weighted by atomic mass is 35.5.